The van der Waals surface area contributed by atoms with E-state index in [1.807, 2.05) is 0 Å². The minimum Gasteiger partial charge on any atom is -0.469 e. The zero-order chi connectivity index (χ0) is 10.4. The molecule has 3 atom stereocenters. The largest absolute Gasteiger partial charge is 0.469 e. The van der Waals surface area contributed by atoms with Crippen LogP contribution >= 0.6 is 0 Å². The molecule has 2 aliphatic carbocycles. The van der Waals surface area contributed by atoms with Crippen LogP contribution in [0.2, 0.25) is 0 Å². The molecule has 1 aromatic carbocycles. The average Bonchev–Trinajstić information content (AvgIpc) is 3.02. The lowest BCUT2D eigenvalue weighted by molar-refractivity contribution is -0.142. The zero-order valence-electron chi connectivity index (χ0n) is 8.77. The van der Waals surface area contributed by atoms with Crippen LogP contribution in [0, 0.1) is 11.8 Å². The average molecular weight is 202 g/mol. The highest BCUT2D eigenvalue weighted by atomic mass is 16.5. The highest BCUT2D eigenvalue weighted by molar-refractivity contribution is 5.78. The number of rotatable bonds is 1. The Labute approximate surface area is 89.2 Å². The molecule has 78 valence electrons. The molecule has 0 spiro atoms. The first-order chi connectivity index (χ1) is 7.33. The quantitative estimate of drug-likeness (QED) is 0.652. The summed E-state index contributed by atoms with van der Waals surface area (Å²) in [7, 11) is 1.48. The van der Waals surface area contributed by atoms with Crippen molar-refractivity contribution in [3.05, 3.63) is 35.4 Å². The van der Waals surface area contributed by atoms with E-state index in [0.29, 0.717) is 11.8 Å². The van der Waals surface area contributed by atoms with Crippen LogP contribution in [0.3, 0.4) is 0 Å². The minimum absolute atomic E-state index is 0.0262. The second kappa shape index (κ2) is 3.09. The molecule has 0 radical (unpaired) electrons. The summed E-state index contributed by atoms with van der Waals surface area (Å²) < 4.78 is 4.84. The molecule has 3 rings (SSSR count). The van der Waals surface area contributed by atoms with Gasteiger partial charge in [-0.1, -0.05) is 24.3 Å². The fraction of sp³-hybridized carbons (Fsp3) is 0.462. The number of ether oxygens (including phenoxy) is 1. The van der Waals surface area contributed by atoms with Crippen molar-refractivity contribution in [1.82, 2.24) is 0 Å². The van der Waals surface area contributed by atoms with E-state index in [1.54, 1.807) is 0 Å². The standard InChI is InChI=1S/C13H14O2/c1-15-13(14)12-10-7-6-8-4-2-3-5-9(8)11(10)12/h2-5,10-12H,6-7H2,1H3. The lowest BCUT2D eigenvalue weighted by atomic mass is 9.92. The molecule has 2 aliphatic rings. The van der Waals surface area contributed by atoms with E-state index in [4.69, 9.17) is 4.74 Å². The Bertz CT molecular complexity index is 411. The third-order valence-electron chi connectivity index (χ3n) is 3.80. The zero-order valence-corrected chi connectivity index (χ0v) is 8.77. The molecule has 2 heteroatoms. The van der Waals surface area contributed by atoms with Crippen LogP contribution in [0.15, 0.2) is 24.3 Å². The van der Waals surface area contributed by atoms with Crippen LogP contribution < -0.4 is 0 Å². The summed E-state index contributed by atoms with van der Waals surface area (Å²) in [6.45, 7) is 0. The van der Waals surface area contributed by atoms with Gasteiger partial charge >= 0.3 is 5.97 Å². The topological polar surface area (TPSA) is 26.3 Å². The maximum absolute atomic E-state index is 11.5. The molecule has 0 aliphatic heterocycles. The second-order valence-electron chi connectivity index (χ2n) is 4.48. The van der Waals surface area contributed by atoms with Gasteiger partial charge in [0.15, 0.2) is 0 Å². The van der Waals surface area contributed by atoms with Gasteiger partial charge in [-0.3, -0.25) is 4.79 Å². The number of esters is 1. The third kappa shape index (κ3) is 1.21. The van der Waals surface area contributed by atoms with Gasteiger partial charge in [0, 0.05) is 5.92 Å². The van der Waals surface area contributed by atoms with Gasteiger partial charge in [0.1, 0.15) is 0 Å². The fourth-order valence-corrected chi connectivity index (χ4v) is 3.02. The van der Waals surface area contributed by atoms with Crippen molar-refractivity contribution in [2.45, 2.75) is 18.8 Å². The molecule has 0 aromatic heterocycles. The Morgan fingerprint density at radius 2 is 2.20 bits per heavy atom. The maximum atomic E-state index is 11.5. The van der Waals surface area contributed by atoms with Gasteiger partial charge in [0.05, 0.1) is 13.0 Å². The van der Waals surface area contributed by atoms with E-state index in [9.17, 15) is 4.79 Å². The molecule has 1 saturated carbocycles. The molecule has 1 fully saturated rings. The lowest BCUT2D eigenvalue weighted by Gasteiger charge is -2.13. The molecule has 0 N–H and O–H groups in total. The number of carbonyl (C=O) groups excluding carboxylic acids is 1. The summed E-state index contributed by atoms with van der Waals surface area (Å²) in [6.07, 6.45) is 2.26. The number of methoxy groups -OCH3 is 1. The van der Waals surface area contributed by atoms with Crippen molar-refractivity contribution in [3.8, 4) is 0 Å². The van der Waals surface area contributed by atoms with E-state index in [2.05, 4.69) is 24.3 Å². The molecule has 3 unspecified atom stereocenters. The Morgan fingerprint density at radius 3 is 3.00 bits per heavy atom. The molecule has 15 heavy (non-hydrogen) atoms. The smallest absolute Gasteiger partial charge is 0.309 e. The van der Waals surface area contributed by atoms with Gasteiger partial charge in [0.2, 0.25) is 0 Å². The number of aryl methyl sites for hydroxylation is 1. The molecular formula is C13H14O2. The van der Waals surface area contributed by atoms with Crippen molar-refractivity contribution in [1.29, 1.82) is 0 Å². The molecule has 0 bridgehead atoms. The van der Waals surface area contributed by atoms with Gasteiger partial charge in [-0.25, -0.2) is 0 Å². The molecule has 0 saturated heterocycles. The summed E-state index contributed by atoms with van der Waals surface area (Å²) in [5, 5.41) is 0. The van der Waals surface area contributed by atoms with Gasteiger partial charge in [0.25, 0.3) is 0 Å². The van der Waals surface area contributed by atoms with Crippen molar-refractivity contribution in [3.63, 3.8) is 0 Å². The number of fused-ring (bicyclic) bond motifs is 3. The minimum atomic E-state index is -0.0262. The summed E-state index contributed by atoms with van der Waals surface area (Å²) in [4.78, 5) is 11.5. The van der Waals surface area contributed by atoms with Gasteiger partial charge in [-0.2, -0.15) is 0 Å². The molecule has 0 amide bonds. The highest BCUT2D eigenvalue weighted by Gasteiger charge is 2.57. The van der Waals surface area contributed by atoms with Crippen molar-refractivity contribution in [2.75, 3.05) is 7.11 Å². The molecular weight excluding hydrogens is 188 g/mol. The Hall–Kier alpha value is -1.31. The van der Waals surface area contributed by atoms with E-state index < -0.39 is 0 Å². The summed E-state index contributed by atoms with van der Waals surface area (Å²) in [5.41, 5.74) is 2.80. The SMILES string of the molecule is COC(=O)C1C2CCc3ccccc3C21. The molecule has 2 nitrogen and oxygen atoms in total. The number of benzene rings is 1. The van der Waals surface area contributed by atoms with Gasteiger partial charge < -0.3 is 4.74 Å². The van der Waals surface area contributed by atoms with Crippen LogP contribution in [-0.4, -0.2) is 13.1 Å². The normalized spacial score (nSPS) is 31.4. The first-order valence-electron chi connectivity index (χ1n) is 5.48. The highest BCUT2D eigenvalue weighted by Crippen LogP contribution is 2.60. The Morgan fingerprint density at radius 1 is 1.40 bits per heavy atom. The lowest BCUT2D eigenvalue weighted by Crippen LogP contribution is -2.04. The van der Waals surface area contributed by atoms with Crippen LogP contribution in [0.5, 0.6) is 0 Å². The number of hydrogen-bond donors (Lipinski definition) is 0. The maximum Gasteiger partial charge on any atom is 0.309 e. The van der Waals surface area contributed by atoms with E-state index >= 15 is 0 Å². The van der Waals surface area contributed by atoms with Crippen molar-refractivity contribution in [2.24, 2.45) is 11.8 Å². The second-order valence-corrected chi connectivity index (χ2v) is 4.48. The first-order valence-corrected chi connectivity index (χ1v) is 5.48. The predicted octanol–water partition coefficient (Wildman–Crippen LogP) is 2.14. The van der Waals surface area contributed by atoms with Gasteiger partial charge in [-0.15, -0.1) is 0 Å². The summed E-state index contributed by atoms with van der Waals surface area (Å²) in [6, 6.07) is 8.48. The van der Waals surface area contributed by atoms with E-state index in [-0.39, 0.29) is 11.9 Å². The molecule has 0 heterocycles. The van der Waals surface area contributed by atoms with Gasteiger partial charge in [-0.05, 0) is 29.9 Å². The van der Waals surface area contributed by atoms with Crippen LogP contribution in [-0.2, 0) is 16.0 Å². The summed E-state index contributed by atoms with van der Waals surface area (Å²) in [5.74, 6) is 1.11. The molecule has 1 aromatic rings. The summed E-state index contributed by atoms with van der Waals surface area (Å²) >= 11 is 0. The van der Waals surface area contributed by atoms with Crippen molar-refractivity contribution < 1.29 is 9.53 Å². The van der Waals surface area contributed by atoms with Crippen molar-refractivity contribution >= 4 is 5.97 Å². The third-order valence-corrected chi connectivity index (χ3v) is 3.80. The first kappa shape index (κ1) is 8.96. The van der Waals surface area contributed by atoms with Crippen LogP contribution in [0.4, 0.5) is 0 Å². The van der Waals surface area contributed by atoms with Crippen LogP contribution in [0.25, 0.3) is 0 Å². The Kier molecular flexibility index (Phi) is 1.84. The van der Waals surface area contributed by atoms with E-state index in [0.717, 1.165) is 12.8 Å². The van der Waals surface area contributed by atoms with E-state index in [1.165, 1.54) is 18.2 Å². The number of carbonyl (C=O) groups is 1. The predicted molar refractivity (Wildman–Crippen MR) is 56.5 cm³/mol. The monoisotopic (exact) mass is 202 g/mol. The number of hydrogen-bond acceptors (Lipinski definition) is 2. The van der Waals surface area contributed by atoms with Crippen LogP contribution in [0.1, 0.15) is 23.5 Å². The Balaban J connectivity index is 1.93. The fourth-order valence-electron chi connectivity index (χ4n) is 3.02.